The molecule has 0 atom stereocenters. The van der Waals surface area contributed by atoms with Gasteiger partial charge < -0.3 is 4.74 Å². The standard InChI is InChI=1S/C14H16O2S/c1-12(15)17-10-4-3-5-13-6-8-14(9-7-13)11-16-2/h6-9H,4,10-11H2,1-2H3. The predicted molar refractivity (Wildman–Crippen MR) is 71.8 cm³/mol. The Hall–Kier alpha value is -1.24. The van der Waals surface area contributed by atoms with E-state index in [-0.39, 0.29) is 5.12 Å². The molecule has 0 aliphatic heterocycles. The number of hydrogen-bond donors (Lipinski definition) is 0. The van der Waals surface area contributed by atoms with Gasteiger partial charge in [0.1, 0.15) is 0 Å². The molecule has 1 aromatic carbocycles. The first-order valence-electron chi connectivity index (χ1n) is 5.42. The van der Waals surface area contributed by atoms with Crippen molar-refractivity contribution in [3.05, 3.63) is 35.4 Å². The van der Waals surface area contributed by atoms with Gasteiger partial charge in [-0.15, -0.1) is 0 Å². The van der Waals surface area contributed by atoms with Crippen molar-refractivity contribution in [2.75, 3.05) is 12.9 Å². The van der Waals surface area contributed by atoms with Crippen molar-refractivity contribution >= 4 is 16.9 Å². The van der Waals surface area contributed by atoms with Crippen LogP contribution in [0.5, 0.6) is 0 Å². The van der Waals surface area contributed by atoms with E-state index in [1.165, 1.54) is 11.8 Å². The van der Waals surface area contributed by atoms with Gasteiger partial charge in [-0.25, -0.2) is 0 Å². The fraction of sp³-hybridized carbons (Fsp3) is 0.357. The lowest BCUT2D eigenvalue weighted by Gasteiger charge is -1.98. The summed E-state index contributed by atoms with van der Waals surface area (Å²) < 4.78 is 5.03. The monoisotopic (exact) mass is 248 g/mol. The lowest BCUT2D eigenvalue weighted by Crippen LogP contribution is -1.87. The van der Waals surface area contributed by atoms with Gasteiger partial charge in [-0.1, -0.05) is 35.7 Å². The van der Waals surface area contributed by atoms with Crippen LogP contribution in [0.15, 0.2) is 24.3 Å². The maximum absolute atomic E-state index is 10.7. The van der Waals surface area contributed by atoms with Gasteiger partial charge in [0, 0.05) is 31.8 Å². The number of thioether (sulfide) groups is 1. The van der Waals surface area contributed by atoms with Gasteiger partial charge in [-0.3, -0.25) is 4.79 Å². The minimum atomic E-state index is 0.149. The van der Waals surface area contributed by atoms with E-state index in [0.29, 0.717) is 6.61 Å². The second kappa shape index (κ2) is 7.94. The van der Waals surface area contributed by atoms with Crippen LogP contribution in [0.2, 0.25) is 0 Å². The molecule has 0 saturated carbocycles. The van der Waals surface area contributed by atoms with Gasteiger partial charge in [-0.05, 0) is 17.7 Å². The smallest absolute Gasteiger partial charge is 0.185 e. The Labute approximate surface area is 107 Å². The summed E-state index contributed by atoms with van der Waals surface area (Å²) in [5.74, 6) is 6.89. The van der Waals surface area contributed by atoms with Crippen molar-refractivity contribution < 1.29 is 9.53 Å². The van der Waals surface area contributed by atoms with Gasteiger partial charge in [0.2, 0.25) is 0 Å². The number of benzene rings is 1. The Kier molecular flexibility index (Phi) is 6.46. The molecule has 0 spiro atoms. The molecule has 2 nitrogen and oxygen atoms in total. The number of ether oxygens (including phenoxy) is 1. The largest absolute Gasteiger partial charge is 0.380 e. The van der Waals surface area contributed by atoms with Crippen LogP contribution < -0.4 is 0 Å². The van der Waals surface area contributed by atoms with Crippen molar-refractivity contribution in [2.24, 2.45) is 0 Å². The second-order valence-corrected chi connectivity index (χ2v) is 4.79. The van der Waals surface area contributed by atoms with E-state index < -0.39 is 0 Å². The summed E-state index contributed by atoms with van der Waals surface area (Å²) in [5, 5.41) is 0.149. The normalized spacial score (nSPS) is 9.53. The highest BCUT2D eigenvalue weighted by molar-refractivity contribution is 8.13. The van der Waals surface area contributed by atoms with Gasteiger partial charge >= 0.3 is 0 Å². The van der Waals surface area contributed by atoms with E-state index in [9.17, 15) is 4.79 Å². The molecule has 0 amide bonds. The van der Waals surface area contributed by atoms with Gasteiger partial charge in [0.15, 0.2) is 5.12 Å². The Bertz CT molecular complexity index is 412. The van der Waals surface area contributed by atoms with Crippen LogP contribution in [0, 0.1) is 11.8 Å². The predicted octanol–water partition coefficient (Wildman–Crippen LogP) is 2.85. The van der Waals surface area contributed by atoms with Gasteiger partial charge in [0.05, 0.1) is 6.61 Å². The zero-order valence-corrected chi connectivity index (χ0v) is 11.0. The molecule has 3 heteroatoms. The maximum Gasteiger partial charge on any atom is 0.185 e. The zero-order valence-electron chi connectivity index (χ0n) is 10.2. The SMILES string of the molecule is COCc1ccc(C#CCCSC(C)=O)cc1. The summed E-state index contributed by atoms with van der Waals surface area (Å²) in [7, 11) is 1.68. The zero-order chi connectivity index (χ0) is 12.5. The lowest BCUT2D eigenvalue weighted by molar-refractivity contribution is -0.109. The first-order valence-corrected chi connectivity index (χ1v) is 6.41. The number of carbonyl (C=O) groups is 1. The van der Waals surface area contributed by atoms with Crippen molar-refractivity contribution in [2.45, 2.75) is 20.0 Å². The van der Waals surface area contributed by atoms with Crippen LogP contribution in [-0.4, -0.2) is 18.0 Å². The molecule has 0 heterocycles. The molecule has 0 N–H and O–H groups in total. The Morgan fingerprint density at radius 3 is 2.65 bits per heavy atom. The number of carbonyl (C=O) groups excluding carboxylic acids is 1. The summed E-state index contributed by atoms with van der Waals surface area (Å²) in [6.07, 6.45) is 0.740. The first kappa shape index (κ1) is 13.8. The molecular formula is C14H16O2S. The lowest BCUT2D eigenvalue weighted by atomic mass is 10.1. The third-order valence-corrected chi connectivity index (χ3v) is 2.84. The summed E-state index contributed by atoms with van der Waals surface area (Å²) in [6, 6.07) is 7.99. The molecule has 0 fully saturated rings. The molecule has 0 saturated heterocycles. The number of rotatable bonds is 4. The van der Waals surface area contributed by atoms with Crippen molar-refractivity contribution in [1.82, 2.24) is 0 Å². The van der Waals surface area contributed by atoms with E-state index in [2.05, 4.69) is 11.8 Å². The summed E-state index contributed by atoms with van der Waals surface area (Å²) in [6.45, 7) is 2.20. The van der Waals surface area contributed by atoms with E-state index in [4.69, 9.17) is 4.74 Å². The quantitative estimate of drug-likeness (QED) is 0.605. The summed E-state index contributed by atoms with van der Waals surface area (Å²) in [4.78, 5) is 10.7. The summed E-state index contributed by atoms with van der Waals surface area (Å²) >= 11 is 1.32. The topological polar surface area (TPSA) is 26.3 Å². The van der Waals surface area contributed by atoms with Gasteiger partial charge in [0.25, 0.3) is 0 Å². The summed E-state index contributed by atoms with van der Waals surface area (Å²) in [5.41, 5.74) is 2.14. The fourth-order valence-electron chi connectivity index (χ4n) is 1.26. The molecular weight excluding hydrogens is 232 g/mol. The first-order chi connectivity index (χ1) is 8.22. The van der Waals surface area contributed by atoms with Crippen LogP contribution in [0.1, 0.15) is 24.5 Å². The third kappa shape index (κ3) is 6.15. The van der Waals surface area contributed by atoms with Crippen molar-refractivity contribution in [3.63, 3.8) is 0 Å². The van der Waals surface area contributed by atoms with E-state index in [0.717, 1.165) is 23.3 Å². The van der Waals surface area contributed by atoms with Crippen molar-refractivity contribution in [3.8, 4) is 11.8 Å². The minimum Gasteiger partial charge on any atom is -0.380 e. The molecule has 0 aliphatic carbocycles. The molecule has 17 heavy (non-hydrogen) atoms. The second-order valence-electron chi connectivity index (χ2n) is 3.52. The van der Waals surface area contributed by atoms with Crippen LogP contribution in [0.4, 0.5) is 0 Å². The molecule has 0 bridgehead atoms. The minimum absolute atomic E-state index is 0.149. The Morgan fingerprint density at radius 1 is 1.35 bits per heavy atom. The number of methoxy groups -OCH3 is 1. The Balaban J connectivity index is 2.40. The van der Waals surface area contributed by atoms with Crippen LogP contribution in [0.3, 0.4) is 0 Å². The highest BCUT2D eigenvalue weighted by Crippen LogP contribution is 2.05. The number of hydrogen-bond acceptors (Lipinski definition) is 3. The Morgan fingerprint density at radius 2 is 2.06 bits per heavy atom. The molecule has 0 radical (unpaired) electrons. The van der Waals surface area contributed by atoms with E-state index in [1.807, 2.05) is 24.3 Å². The molecule has 90 valence electrons. The molecule has 0 unspecified atom stereocenters. The fourth-order valence-corrected chi connectivity index (χ4v) is 1.75. The van der Waals surface area contributed by atoms with Crippen LogP contribution in [0.25, 0.3) is 0 Å². The van der Waals surface area contributed by atoms with E-state index in [1.54, 1.807) is 14.0 Å². The van der Waals surface area contributed by atoms with Crippen LogP contribution >= 0.6 is 11.8 Å². The highest BCUT2D eigenvalue weighted by Gasteiger charge is 1.92. The molecule has 1 aromatic rings. The van der Waals surface area contributed by atoms with E-state index >= 15 is 0 Å². The highest BCUT2D eigenvalue weighted by atomic mass is 32.2. The average Bonchev–Trinajstić information content (AvgIpc) is 2.31. The third-order valence-electron chi connectivity index (χ3n) is 2.03. The molecule has 0 aliphatic rings. The van der Waals surface area contributed by atoms with Crippen molar-refractivity contribution in [1.29, 1.82) is 0 Å². The average molecular weight is 248 g/mol. The molecule has 1 rings (SSSR count). The molecule has 0 aromatic heterocycles. The maximum atomic E-state index is 10.7. The van der Waals surface area contributed by atoms with Crippen LogP contribution in [-0.2, 0) is 16.1 Å². The van der Waals surface area contributed by atoms with Gasteiger partial charge in [-0.2, -0.15) is 0 Å².